The van der Waals surface area contributed by atoms with E-state index in [1.165, 1.54) is 22.7 Å². The summed E-state index contributed by atoms with van der Waals surface area (Å²) in [4.78, 5) is 16.9. The molecule has 0 bridgehead atoms. The van der Waals surface area contributed by atoms with Crippen LogP contribution in [0.4, 0.5) is 5.13 Å². The van der Waals surface area contributed by atoms with Crippen LogP contribution in [0.25, 0.3) is 0 Å². The molecule has 7 heteroatoms. The smallest absolute Gasteiger partial charge is 0.251 e. The van der Waals surface area contributed by atoms with Gasteiger partial charge in [0.05, 0.1) is 7.11 Å². The van der Waals surface area contributed by atoms with Crippen molar-refractivity contribution in [1.82, 2.24) is 14.7 Å². The molecule has 152 valence electrons. The quantitative estimate of drug-likeness (QED) is 0.556. The van der Waals surface area contributed by atoms with Crippen molar-refractivity contribution in [2.75, 3.05) is 19.0 Å². The average Bonchev–Trinajstić information content (AvgIpc) is 3.15. The molecule has 1 heterocycles. The van der Waals surface area contributed by atoms with E-state index in [0.717, 1.165) is 29.5 Å². The van der Waals surface area contributed by atoms with Crippen molar-refractivity contribution in [2.24, 2.45) is 0 Å². The van der Waals surface area contributed by atoms with Crippen molar-refractivity contribution in [3.8, 4) is 5.75 Å². The lowest BCUT2D eigenvalue weighted by molar-refractivity contribution is 0.0939. The Morgan fingerprint density at radius 2 is 2.00 bits per heavy atom. The Balaban J connectivity index is 1.42. The fourth-order valence-corrected chi connectivity index (χ4v) is 3.53. The number of nitrogens with one attached hydrogen (secondary N) is 2. The van der Waals surface area contributed by atoms with Crippen LogP contribution in [0.3, 0.4) is 0 Å². The summed E-state index contributed by atoms with van der Waals surface area (Å²) in [6.45, 7) is 4.79. The molecule has 3 aromatic rings. The first kappa shape index (κ1) is 20.8. The van der Waals surface area contributed by atoms with Crippen LogP contribution in [-0.4, -0.2) is 35.0 Å². The van der Waals surface area contributed by atoms with Crippen molar-refractivity contribution in [2.45, 2.75) is 32.7 Å². The number of rotatable bonds is 9. The molecule has 2 N–H and O–H groups in total. The second-order valence-corrected chi connectivity index (χ2v) is 7.75. The van der Waals surface area contributed by atoms with Crippen molar-refractivity contribution >= 4 is 22.6 Å². The molecule has 0 aliphatic carbocycles. The molecule has 1 atom stereocenters. The van der Waals surface area contributed by atoms with Gasteiger partial charge in [-0.3, -0.25) is 4.79 Å². The number of ether oxygens (including phenoxy) is 1. The molecule has 0 saturated heterocycles. The van der Waals surface area contributed by atoms with Gasteiger partial charge in [0.25, 0.3) is 5.91 Å². The first-order valence-corrected chi connectivity index (χ1v) is 10.4. The molecule has 1 unspecified atom stereocenters. The summed E-state index contributed by atoms with van der Waals surface area (Å²) < 4.78 is 9.54. The summed E-state index contributed by atoms with van der Waals surface area (Å²) in [7, 11) is 1.60. The second kappa shape index (κ2) is 10.0. The van der Waals surface area contributed by atoms with Crippen molar-refractivity contribution in [3.63, 3.8) is 0 Å². The van der Waals surface area contributed by atoms with Gasteiger partial charge in [0.1, 0.15) is 11.6 Å². The molecule has 2 aromatic carbocycles. The van der Waals surface area contributed by atoms with Crippen LogP contribution in [0.5, 0.6) is 5.75 Å². The van der Waals surface area contributed by atoms with Crippen molar-refractivity contribution in [3.05, 3.63) is 71.0 Å². The lowest BCUT2D eigenvalue weighted by atomic mass is 10.1. The highest BCUT2D eigenvalue weighted by atomic mass is 32.1. The van der Waals surface area contributed by atoms with Gasteiger partial charge in [-0.15, -0.1) is 0 Å². The standard InChI is InChI=1S/C22H26N4O2S/c1-15-5-4-6-17(13-15)14-20-25-22(29-26-20)23-12-11-16(2)24-21(27)18-7-9-19(28-3)10-8-18/h4-10,13,16H,11-12,14H2,1-3H3,(H,24,27)(H,23,25,26). The number of carbonyl (C=O) groups excluding carboxylic acids is 1. The largest absolute Gasteiger partial charge is 0.497 e. The third kappa shape index (κ3) is 6.29. The molecule has 0 aliphatic rings. The number of hydrogen-bond donors (Lipinski definition) is 2. The van der Waals surface area contributed by atoms with Crippen LogP contribution in [0.15, 0.2) is 48.5 Å². The van der Waals surface area contributed by atoms with Crippen LogP contribution < -0.4 is 15.4 Å². The lowest BCUT2D eigenvalue weighted by Crippen LogP contribution is -2.33. The fourth-order valence-electron chi connectivity index (χ4n) is 2.92. The van der Waals surface area contributed by atoms with Crippen LogP contribution in [-0.2, 0) is 6.42 Å². The lowest BCUT2D eigenvalue weighted by Gasteiger charge is -2.14. The summed E-state index contributed by atoms with van der Waals surface area (Å²) in [6.07, 6.45) is 1.52. The topological polar surface area (TPSA) is 76.1 Å². The molecule has 0 radical (unpaired) electrons. The Bertz CT molecular complexity index is 940. The molecule has 0 aliphatic heterocycles. The molecule has 0 saturated carbocycles. The number of benzene rings is 2. The van der Waals surface area contributed by atoms with Gasteiger partial charge in [-0.1, -0.05) is 29.8 Å². The Kier molecular flexibility index (Phi) is 7.19. The Hall–Kier alpha value is -2.93. The molecule has 29 heavy (non-hydrogen) atoms. The van der Waals surface area contributed by atoms with Crippen LogP contribution in [0.2, 0.25) is 0 Å². The highest BCUT2D eigenvalue weighted by molar-refractivity contribution is 7.09. The van der Waals surface area contributed by atoms with E-state index in [1.807, 2.05) is 6.92 Å². The zero-order valence-electron chi connectivity index (χ0n) is 16.9. The molecule has 0 spiro atoms. The molecular formula is C22H26N4O2S. The number of methoxy groups -OCH3 is 1. The zero-order chi connectivity index (χ0) is 20.6. The van der Waals surface area contributed by atoms with Crippen LogP contribution in [0, 0.1) is 6.92 Å². The monoisotopic (exact) mass is 410 g/mol. The minimum atomic E-state index is -0.0866. The van der Waals surface area contributed by atoms with Crippen molar-refractivity contribution < 1.29 is 9.53 Å². The normalized spacial score (nSPS) is 11.7. The van der Waals surface area contributed by atoms with Gasteiger partial charge in [-0.05, 0) is 50.1 Å². The maximum absolute atomic E-state index is 12.3. The maximum atomic E-state index is 12.3. The van der Waals surface area contributed by atoms with Gasteiger partial charge < -0.3 is 15.4 Å². The van der Waals surface area contributed by atoms with E-state index >= 15 is 0 Å². The van der Waals surface area contributed by atoms with Crippen LogP contribution in [0.1, 0.15) is 40.7 Å². The van der Waals surface area contributed by atoms with Gasteiger partial charge in [-0.2, -0.15) is 4.37 Å². The molecule has 3 rings (SSSR count). The summed E-state index contributed by atoms with van der Waals surface area (Å²) >= 11 is 1.37. The highest BCUT2D eigenvalue weighted by Gasteiger charge is 2.11. The number of anilines is 1. The Morgan fingerprint density at radius 1 is 1.21 bits per heavy atom. The minimum absolute atomic E-state index is 0.0387. The van der Waals surface area contributed by atoms with E-state index in [0.29, 0.717) is 12.1 Å². The number of aryl methyl sites for hydroxylation is 1. The van der Waals surface area contributed by atoms with E-state index in [9.17, 15) is 4.79 Å². The highest BCUT2D eigenvalue weighted by Crippen LogP contribution is 2.15. The predicted molar refractivity (Wildman–Crippen MR) is 117 cm³/mol. The molecule has 0 fully saturated rings. The molecular weight excluding hydrogens is 384 g/mol. The van der Waals surface area contributed by atoms with Gasteiger partial charge in [0.2, 0.25) is 5.13 Å². The molecule has 1 aromatic heterocycles. The first-order chi connectivity index (χ1) is 14.0. The summed E-state index contributed by atoms with van der Waals surface area (Å²) in [5.41, 5.74) is 3.07. The summed E-state index contributed by atoms with van der Waals surface area (Å²) in [5.74, 6) is 1.47. The maximum Gasteiger partial charge on any atom is 0.251 e. The number of nitrogens with zero attached hydrogens (tertiary/aromatic N) is 2. The zero-order valence-corrected chi connectivity index (χ0v) is 17.8. The van der Waals surface area contributed by atoms with Gasteiger partial charge in [0.15, 0.2) is 0 Å². The number of amides is 1. The molecule has 1 amide bonds. The van der Waals surface area contributed by atoms with E-state index in [2.05, 4.69) is 51.2 Å². The fraction of sp³-hybridized carbons (Fsp3) is 0.318. The number of aromatic nitrogens is 2. The van der Waals surface area contributed by atoms with E-state index in [1.54, 1.807) is 31.4 Å². The Morgan fingerprint density at radius 3 is 2.72 bits per heavy atom. The second-order valence-electron chi connectivity index (χ2n) is 7.00. The SMILES string of the molecule is COc1ccc(C(=O)NC(C)CCNc2nc(Cc3cccc(C)c3)ns2)cc1. The van der Waals surface area contributed by atoms with Gasteiger partial charge in [0, 0.05) is 36.1 Å². The average molecular weight is 411 g/mol. The van der Waals surface area contributed by atoms with Gasteiger partial charge >= 0.3 is 0 Å². The van der Waals surface area contributed by atoms with E-state index in [4.69, 9.17) is 4.74 Å². The number of hydrogen-bond acceptors (Lipinski definition) is 6. The summed E-state index contributed by atoms with van der Waals surface area (Å²) in [5, 5.41) is 7.12. The third-order valence-electron chi connectivity index (χ3n) is 4.50. The van der Waals surface area contributed by atoms with Crippen LogP contribution >= 0.6 is 11.5 Å². The number of carbonyl (C=O) groups is 1. The third-order valence-corrected chi connectivity index (χ3v) is 5.21. The minimum Gasteiger partial charge on any atom is -0.497 e. The van der Waals surface area contributed by atoms with E-state index < -0.39 is 0 Å². The van der Waals surface area contributed by atoms with Gasteiger partial charge in [-0.25, -0.2) is 4.98 Å². The predicted octanol–water partition coefficient (Wildman–Crippen LogP) is 4.07. The molecule has 6 nitrogen and oxygen atoms in total. The Labute approximate surface area is 175 Å². The van der Waals surface area contributed by atoms with E-state index in [-0.39, 0.29) is 11.9 Å². The van der Waals surface area contributed by atoms with Crippen molar-refractivity contribution in [1.29, 1.82) is 0 Å². The first-order valence-electron chi connectivity index (χ1n) is 9.60. The summed E-state index contributed by atoms with van der Waals surface area (Å²) in [6, 6.07) is 15.5.